The molecule has 0 saturated carbocycles. The molecule has 0 bridgehead atoms. The van der Waals surface area contributed by atoms with Crippen LogP contribution in [0.1, 0.15) is 21.8 Å². The molecule has 2 aromatic carbocycles. The highest BCUT2D eigenvalue weighted by Crippen LogP contribution is 2.24. The van der Waals surface area contributed by atoms with E-state index in [1.54, 1.807) is 31.2 Å². The van der Waals surface area contributed by atoms with Crippen LogP contribution in [-0.2, 0) is 16.1 Å². The molecule has 1 aromatic heterocycles. The van der Waals surface area contributed by atoms with Crippen LogP contribution in [0.5, 0.6) is 0 Å². The van der Waals surface area contributed by atoms with Crippen LogP contribution in [0.4, 0.5) is 14.5 Å². The number of aromatic nitrogens is 1. The Morgan fingerprint density at radius 2 is 1.97 bits per heavy atom. The molecule has 3 rings (SSSR count). The third-order valence-electron chi connectivity index (χ3n) is 4.15. The summed E-state index contributed by atoms with van der Waals surface area (Å²) < 4.78 is 37.2. The van der Waals surface area contributed by atoms with Crippen LogP contribution in [0.25, 0.3) is 11.5 Å². The van der Waals surface area contributed by atoms with Gasteiger partial charge in [-0.15, -0.1) is 0 Å². The van der Waals surface area contributed by atoms with Gasteiger partial charge in [-0.3, -0.25) is 9.59 Å². The van der Waals surface area contributed by atoms with Crippen LogP contribution in [0, 0.1) is 18.6 Å². The maximum atomic E-state index is 13.7. The fraction of sp³-hybridized carbons (Fsp3) is 0.190. The number of hydrogen-bond donors (Lipinski definition) is 2. The molecule has 9 heteroatoms. The first-order valence-electron chi connectivity index (χ1n) is 8.96. The number of aryl methyl sites for hydroxylation is 1. The number of amides is 2. The molecule has 0 atom stereocenters. The zero-order valence-corrected chi connectivity index (χ0v) is 16.3. The van der Waals surface area contributed by atoms with Crippen molar-refractivity contribution in [2.24, 2.45) is 0 Å². The van der Waals surface area contributed by atoms with E-state index in [4.69, 9.17) is 9.15 Å². The predicted octanol–water partition coefficient (Wildman–Crippen LogP) is 3.44. The molecule has 0 fully saturated rings. The molecule has 30 heavy (non-hydrogen) atoms. The second-order valence-electron chi connectivity index (χ2n) is 6.39. The summed E-state index contributed by atoms with van der Waals surface area (Å²) in [6, 6.07) is 9.62. The van der Waals surface area contributed by atoms with Gasteiger partial charge < -0.3 is 19.8 Å². The van der Waals surface area contributed by atoms with Crippen molar-refractivity contribution in [1.29, 1.82) is 0 Å². The average molecular weight is 415 g/mol. The Kier molecular flexibility index (Phi) is 6.53. The highest BCUT2D eigenvalue weighted by molar-refractivity contribution is 5.94. The van der Waals surface area contributed by atoms with Crippen LogP contribution in [0.3, 0.4) is 0 Å². The second kappa shape index (κ2) is 9.27. The number of anilines is 1. The standard InChI is InChI=1S/C21H19F2N3O4/c1-12-18(10-24-20(28)16-7-6-14(22)9-17(16)23)26-21(30-12)13-4-3-5-15(8-13)25-19(27)11-29-2/h3-9H,10-11H2,1-2H3,(H,24,28)(H,25,27). The van der Waals surface area contributed by atoms with Gasteiger partial charge in [-0.25, -0.2) is 13.8 Å². The van der Waals surface area contributed by atoms with Crippen molar-refractivity contribution in [3.05, 3.63) is 71.1 Å². The maximum absolute atomic E-state index is 13.7. The van der Waals surface area contributed by atoms with E-state index in [1.807, 2.05) is 0 Å². The first-order chi connectivity index (χ1) is 14.4. The molecule has 2 N–H and O–H groups in total. The number of benzene rings is 2. The minimum Gasteiger partial charge on any atom is -0.441 e. The monoisotopic (exact) mass is 415 g/mol. The van der Waals surface area contributed by atoms with Gasteiger partial charge in [-0.1, -0.05) is 6.07 Å². The highest BCUT2D eigenvalue weighted by atomic mass is 19.1. The molecular weight excluding hydrogens is 396 g/mol. The van der Waals surface area contributed by atoms with E-state index in [0.29, 0.717) is 34.7 Å². The number of rotatable bonds is 7. The van der Waals surface area contributed by atoms with Crippen molar-refractivity contribution < 1.29 is 27.5 Å². The molecule has 7 nitrogen and oxygen atoms in total. The van der Waals surface area contributed by atoms with Gasteiger partial charge in [0.05, 0.1) is 12.1 Å². The van der Waals surface area contributed by atoms with E-state index >= 15 is 0 Å². The molecule has 3 aromatic rings. The first-order valence-corrected chi connectivity index (χ1v) is 8.96. The van der Waals surface area contributed by atoms with Crippen molar-refractivity contribution in [3.63, 3.8) is 0 Å². The Morgan fingerprint density at radius 1 is 1.17 bits per heavy atom. The molecule has 0 aliphatic carbocycles. The van der Waals surface area contributed by atoms with E-state index in [1.165, 1.54) is 7.11 Å². The van der Waals surface area contributed by atoms with E-state index in [9.17, 15) is 18.4 Å². The predicted molar refractivity (Wildman–Crippen MR) is 105 cm³/mol. The van der Waals surface area contributed by atoms with E-state index in [-0.39, 0.29) is 24.6 Å². The zero-order valence-electron chi connectivity index (χ0n) is 16.3. The molecule has 156 valence electrons. The van der Waals surface area contributed by atoms with E-state index in [2.05, 4.69) is 15.6 Å². The van der Waals surface area contributed by atoms with Gasteiger partial charge in [0.25, 0.3) is 5.91 Å². The lowest BCUT2D eigenvalue weighted by molar-refractivity contribution is -0.119. The lowest BCUT2D eigenvalue weighted by Gasteiger charge is -2.05. The lowest BCUT2D eigenvalue weighted by Crippen LogP contribution is -2.24. The van der Waals surface area contributed by atoms with Gasteiger partial charge >= 0.3 is 0 Å². The van der Waals surface area contributed by atoms with Gasteiger partial charge in [0.15, 0.2) is 0 Å². The van der Waals surface area contributed by atoms with Crippen molar-refractivity contribution in [3.8, 4) is 11.5 Å². The Morgan fingerprint density at radius 3 is 2.70 bits per heavy atom. The van der Waals surface area contributed by atoms with Crippen LogP contribution < -0.4 is 10.6 Å². The van der Waals surface area contributed by atoms with Crippen molar-refractivity contribution in [1.82, 2.24) is 10.3 Å². The summed E-state index contributed by atoms with van der Waals surface area (Å²) in [6.45, 7) is 1.61. The summed E-state index contributed by atoms with van der Waals surface area (Å²) in [6.07, 6.45) is 0. The Balaban J connectivity index is 1.71. The minimum absolute atomic E-state index is 0.00471. The van der Waals surface area contributed by atoms with Gasteiger partial charge in [0.2, 0.25) is 11.8 Å². The molecule has 0 unspecified atom stereocenters. The molecule has 0 saturated heterocycles. The topological polar surface area (TPSA) is 93.5 Å². The quantitative estimate of drug-likeness (QED) is 0.617. The Bertz CT molecular complexity index is 1080. The molecule has 0 spiro atoms. The Labute approximate surface area is 171 Å². The molecule has 0 aliphatic heterocycles. The fourth-order valence-corrected chi connectivity index (χ4v) is 2.71. The van der Waals surface area contributed by atoms with Gasteiger partial charge in [0, 0.05) is 24.4 Å². The number of methoxy groups -OCH3 is 1. The van der Waals surface area contributed by atoms with Gasteiger partial charge in [-0.05, 0) is 37.3 Å². The Hall–Kier alpha value is -3.59. The summed E-state index contributed by atoms with van der Waals surface area (Å²) in [7, 11) is 1.43. The second-order valence-corrected chi connectivity index (χ2v) is 6.39. The molecule has 0 radical (unpaired) electrons. The summed E-state index contributed by atoms with van der Waals surface area (Å²) in [5.74, 6) is -1.93. The number of nitrogens with one attached hydrogen (secondary N) is 2. The summed E-state index contributed by atoms with van der Waals surface area (Å²) in [5, 5.41) is 5.23. The number of hydrogen-bond acceptors (Lipinski definition) is 5. The minimum atomic E-state index is -0.947. The molecule has 2 amide bonds. The van der Waals surface area contributed by atoms with Gasteiger partial charge in [0.1, 0.15) is 29.7 Å². The van der Waals surface area contributed by atoms with Crippen LogP contribution in [-0.4, -0.2) is 30.5 Å². The van der Waals surface area contributed by atoms with Crippen molar-refractivity contribution in [2.45, 2.75) is 13.5 Å². The summed E-state index contributed by atoms with van der Waals surface area (Å²) in [4.78, 5) is 28.2. The third-order valence-corrected chi connectivity index (χ3v) is 4.15. The highest BCUT2D eigenvalue weighted by Gasteiger charge is 2.16. The van der Waals surface area contributed by atoms with Crippen LogP contribution in [0.15, 0.2) is 46.9 Å². The summed E-state index contributed by atoms with van der Waals surface area (Å²) >= 11 is 0. The molecular formula is C21H19F2N3O4. The zero-order chi connectivity index (χ0) is 21.7. The number of carbonyl (C=O) groups excluding carboxylic acids is 2. The van der Waals surface area contributed by atoms with E-state index in [0.717, 1.165) is 12.1 Å². The van der Waals surface area contributed by atoms with Crippen molar-refractivity contribution >= 4 is 17.5 Å². The number of halogens is 2. The number of oxazole rings is 1. The number of ether oxygens (including phenoxy) is 1. The van der Waals surface area contributed by atoms with Crippen LogP contribution in [0.2, 0.25) is 0 Å². The molecule has 0 aliphatic rings. The first kappa shape index (κ1) is 21.1. The smallest absolute Gasteiger partial charge is 0.254 e. The number of nitrogens with zero attached hydrogens (tertiary/aromatic N) is 1. The van der Waals surface area contributed by atoms with Crippen LogP contribution >= 0.6 is 0 Å². The average Bonchev–Trinajstić information content (AvgIpc) is 3.07. The maximum Gasteiger partial charge on any atom is 0.254 e. The SMILES string of the molecule is COCC(=O)Nc1cccc(-c2nc(CNC(=O)c3ccc(F)cc3F)c(C)o2)c1. The lowest BCUT2D eigenvalue weighted by atomic mass is 10.2. The third kappa shape index (κ3) is 5.06. The van der Waals surface area contributed by atoms with Gasteiger partial charge in [-0.2, -0.15) is 0 Å². The molecule has 1 heterocycles. The summed E-state index contributed by atoms with van der Waals surface area (Å²) in [5.41, 5.74) is 1.36. The van der Waals surface area contributed by atoms with Crippen molar-refractivity contribution in [2.75, 3.05) is 19.0 Å². The number of carbonyl (C=O) groups is 2. The van der Waals surface area contributed by atoms with E-state index < -0.39 is 17.5 Å². The normalized spacial score (nSPS) is 10.7. The largest absolute Gasteiger partial charge is 0.441 e. The fourth-order valence-electron chi connectivity index (χ4n) is 2.71.